The van der Waals surface area contributed by atoms with Gasteiger partial charge in [0.2, 0.25) is 11.8 Å². The summed E-state index contributed by atoms with van der Waals surface area (Å²) >= 11 is 0. The minimum Gasteiger partial charge on any atom is -0.493 e. The second-order valence-corrected chi connectivity index (χ2v) is 13.7. The third-order valence-electron chi connectivity index (χ3n) is 8.42. The second-order valence-electron chi connectivity index (χ2n) is 11.8. The van der Waals surface area contributed by atoms with Crippen LogP contribution < -0.4 is 19.1 Å². The van der Waals surface area contributed by atoms with Gasteiger partial charge in [-0.15, -0.1) is 0 Å². The molecule has 0 heterocycles. The highest BCUT2D eigenvalue weighted by atomic mass is 32.2. The fourth-order valence-corrected chi connectivity index (χ4v) is 6.72. The molecule has 0 aromatic heterocycles. The van der Waals surface area contributed by atoms with Crippen molar-refractivity contribution in [2.45, 2.75) is 64.1 Å². The van der Waals surface area contributed by atoms with Crippen molar-refractivity contribution >= 4 is 27.5 Å². The largest absolute Gasteiger partial charge is 0.493 e. The van der Waals surface area contributed by atoms with Crippen molar-refractivity contribution in [2.24, 2.45) is 0 Å². The summed E-state index contributed by atoms with van der Waals surface area (Å²) in [7, 11) is -1.32. The molecule has 1 N–H and O–H groups in total. The van der Waals surface area contributed by atoms with Gasteiger partial charge in [-0.3, -0.25) is 13.9 Å². The van der Waals surface area contributed by atoms with E-state index < -0.39 is 28.5 Å². The molecule has 9 nitrogen and oxygen atoms in total. The number of rotatable bonds is 15. The van der Waals surface area contributed by atoms with Crippen molar-refractivity contribution < 1.29 is 27.5 Å². The molecule has 0 aliphatic rings. The monoisotopic (exact) mass is 671 g/mol. The smallest absolute Gasteiger partial charge is 0.264 e. The maximum atomic E-state index is 14.7. The number of sulfonamides is 1. The molecule has 0 spiro atoms. The number of amides is 2. The van der Waals surface area contributed by atoms with E-state index in [9.17, 15) is 18.0 Å². The highest BCUT2D eigenvalue weighted by Crippen LogP contribution is 2.34. The summed E-state index contributed by atoms with van der Waals surface area (Å²) in [6, 6.07) is 27.3. The molecular weight excluding hydrogens is 627 g/mol. The number of hydrogen-bond donors (Lipinski definition) is 1. The molecule has 254 valence electrons. The summed E-state index contributed by atoms with van der Waals surface area (Å²) in [5.41, 5.74) is 3.76. The van der Waals surface area contributed by atoms with Crippen LogP contribution in [0.15, 0.2) is 102 Å². The SMILES string of the molecule is CCC(C)NC(=O)C(Cc1ccccc1)N(Cc1ccccc1C)C(=O)CN(c1ccc(OC)c(OC)c1)S(=O)(=O)c1ccc(C)cc1. The molecule has 0 aliphatic carbocycles. The van der Waals surface area contributed by atoms with E-state index in [4.69, 9.17) is 9.47 Å². The summed E-state index contributed by atoms with van der Waals surface area (Å²) in [6.07, 6.45) is 0.944. The molecular formula is C38H45N3O6S. The van der Waals surface area contributed by atoms with Gasteiger partial charge in [0.15, 0.2) is 11.5 Å². The van der Waals surface area contributed by atoms with E-state index >= 15 is 0 Å². The molecule has 0 saturated heterocycles. The summed E-state index contributed by atoms with van der Waals surface area (Å²) in [4.78, 5) is 30.3. The quantitative estimate of drug-likeness (QED) is 0.165. The first-order valence-corrected chi connectivity index (χ1v) is 17.4. The van der Waals surface area contributed by atoms with Crippen LogP contribution in [0.3, 0.4) is 0 Å². The highest BCUT2D eigenvalue weighted by Gasteiger charge is 2.35. The van der Waals surface area contributed by atoms with E-state index in [0.717, 1.165) is 26.6 Å². The van der Waals surface area contributed by atoms with Crippen molar-refractivity contribution in [3.63, 3.8) is 0 Å². The Balaban J connectivity index is 1.86. The number of carbonyl (C=O) groups excluding carboxylic acids is 2. The van der Waals surface area contributed by atoms with Gasteiger partial charge < -0.3 is 19.7 Å². The lowest BCUT2D eigenvalue weighted by atomic mass is 10.0. The molecule has 0 aliphatic heterocycles. The molecule has 4 rings (SSSR count). The lowest BCUT2D eigenvalue weighted by molar-refractivity contribution is -0.140. The second kappa shape index (κ2) is 16.3. The lowest BCUT2D eigenvalue weighted by Crippen LogP contribution is -2.54. The summed E-state index contributed by atoms with van der Waals surface area (Å²) < 4.78 is 40.7. The zero-order valence-corrected chi connectivity index (χ0v) is 29.3. The molecule has 10 heteroatoms. The number of nitrogens with one attached hydrogen (secondary N) is 1. The molecule has 0 fully saturated rings. The van der Waals surface area contributed by atoms with Crippen molar-refractivity contribution in [2.75, 3.05) is 25.1 Å². The van der Waals surface area contributed by atoms with Gasteiger partial charge >= 0.3 is 0 Å². The number of nitrogens with zero attached hydrogens (tertiary/aromatic N) is 2. The Bertz CT molecular complexity index is 1800. The molecule has 2 unspecified atom stereocenters. The molecule has 4 aromatic carbocycles. The van der Waals surface area contributed by atoms with Crippen LogP contribution in [0, 0.1) is 13.8 Å². The third kappa shape index (κ3) is 8.74. The van der Waals surface area contributed by atoms with Crippen LogP contribution in [-0.4, -0.2) is 58.0 Å². The van der Waals surface area contributed by atoms with Crippen LogP contribution >= 0.6 is 0 Å². The van der Waals surface area contributed by atoms with Gasteiger partial charge in [-0.2, -0.15) is 0 Å². The molecule has 4 aromatic rings. The minimum atomic E-state index is -4.26. The Morgan fingerprint density at radius 3 is 2.10 bits per heavy atom. The number of anilines is 1. The number of ether oxygens (including phenoxy) is 2. The standard InChI is InChI=1S/C38H45N3O6S/c1-7-29(4)39-38(43)34(23-30-14-9-8-10-15-30)40(25-31-16-12-11-13-28(31)3)37(42)26-41(32-19-22-35(46-5)36(24-32)47-6)48(44,45)33-20-17-27(2)18-21-33/h8-22,24,29,34H,7,23,25-26H2,1-6H3,(H,39,43). The van der Waals surface area contributed by atoms with Crippen molar-refractivity contribution in [3.05, 3.63) is 119 Å². The predicted octanol–water partition coefficient (Wildman–Crippen LogP) is 6.07. The van der Waals surface area contributed by atoms with Gasteiger partial charge in [0, 0.05) is 25.1 Å². The molecule has 0 radical (unpaired) electrons. The van der Waals surface area contributed by atoms with Gasteiger partial charge in [-0.1, -0.05) is 79.2 Å². The molecule has 0 bridgehead atoms. The van der Waals surface area contributed by atoms with Crippen molar-refractivity contribution in [1.82, 2.24) is 10.2 Å². The molecule has 2 atom stereocenters. The van der Waals surface area contributed by atoms with Crippen LogP contribution in [0.2, 0.25) is 0 Å². The average molecular weight is 672 g/mol. The first-order valence-electron chi connectivity index (χ1n) is 16.0. The van der Waals surface area contributed by atoms with Crippen LogP contribution in [0.1, 0.15) is 42.5 Å². The normalized spacial score (nSPS) is 12.5. The van der Waals surface area contributed by atoms with Crippen LogP contribution in [0.5, 0.6) is 11.5 Å². The number of hydrogen-bond acceptors (Lipinski definition) is 6. The van der Waals surface area contributed by atoms with Gasteiger partial charge in [0.05, 0.1) is 24.8 Å². The van der Waals surface area contributed by atoms with Gasteiger partial charge in [0.1, 0.15) is 12.6 Å². The van der Waals surface area contributed by atoms with E-state index in [1.807, 2.05) is 82.3 Å². The zero-order chi connectivity index (χ0) is 34.8. The number of aryl methyl sites for hydroxylation is 2. The minimum absolute atomic E-state index is 0.0245. The average Bonchev–Trinajstić information content (AvgIpc) is 3.09. The van der Waals surface area contributed by atoms with Crippen LogP contribution in [0.25, 0.3) is 0 Å². The first kappa shape index (κ1) is 36.0. The van der Waals surface area contributed by atoms with Crippen molar-refractivity contribution in [3.8, 4) is 11.5 Å². The predicted molar refractivity (Wildman–Crippen MR) is 189 cm³/mol. The van der Waals surface area contributed by atoms with Gasteiger partial charge in [-0.05, 0) is 68.1 Å². The summed E-state index contributed by atoms with van der Waals surface area (Å²) in [5.74, 6) is -0.137. The Hall–Kier alpha value is -4.83. The Morgan fingerprint density at radius 2 is 1.48 bits per heavy atom. The van der Waals surface area contributed by atoms with Crippen LogP contribution in [0.4, 0.5) is 5.69 Å². The Labute approximate surface area is 284 Å². The van der Waals surface area contributed by atoms with Gasteiger partial charge in [0.25, 0.3) is 10.0 Å². The molecule has 2 amide bonds. The summed E-state index contributed by atoms with van der Waals surface area (Å²) in [5, 5.41) is 3.06. The first-order chi connectivity index (χ1) is 23.0. The fourth-order valence-electron chi connectivity index (χ4n) is 5.31. The highest BCUT2D eigenvalue weighted by molar-refractivity contribution is 7.92. The molecule has 48 heavy (non-hydrogen) atoms. The number of methoxy groups -OCH3 is 2. The van der Waals surface area contributed by atoms with Gasteiger partial charge in [-0.25, -0.2) is 8.42 Å². The molecule has 0 saturated carbocycles. The fraction of sp³-hybridized carbons (Fsp3) is 0.316. The third-order valence-corrected chi connectivity index (χ3v) is 10.2. The van der Waals surface area contributed by atoms with E-state index in [2.05, 4.69) is 5.32 Å². The van der Waals surface area contributed by atoms with E-state index in [1.165, 1.54) is 37.3 Å². The number of carbonyl (C=O) groups is 2. The number of benzene rings is 4. The van der Waals surface area contributed by atoms with E-state index in [0.29, 0.717) is 17.9 Å². The Morgan fingerprint density at radius 1 is 0.833 bits per heavy atom. The van der Waals surface area contributed by atoms with Crippen molar-refractivity contribution in [1.29, 1.82) is 0 Å². The maximum Gasteiger partial charge on any atom is 0.264 e. The lowest BCUT2D eigenvalue weighted by Gasteiger charge is -2.34. The zero-order valence-electron chi connectivity index (χ0n) is 28.5. The van der Waals surface area contributed by atoms with E-state index in [-0.39, 0.29) is 35.5 Å². The van der Waals surface area contributed by atoms with Crippen LogP contribution in [-0.2, 0) is 32.6 Å². The van der Waals surface area contributed by atoms with E-state index in [1.54, 1.807) is 24.3 Å². The topological polar surface area (TPSA) is 105 Å². The Kier molecular flexibility index (Phi) is 12.2. The maximum absolute atomic E-state index is 14.7. The summed E-state index contributed by atoms with van der Waals surface area (Å²) in [6.45, 7) is 7.23.